The Bertz CT molecular complexity index is 595. The first kappa shape index (κ1) is 15.8. The van der Waals surface area contributed by atoms with Gasteiger partial charge in [0.05, 0.1) is 24.7 Å². The van der Waals surface area contributed by atoms with Crippen molar-refractivity contribution in [2.75, 3.05) is 13.2 Å². The number of hydrogen-bond acceptors (Lipinski definition) is 5. The van der Waals surface area contributed by atoms with Crippen LogP contribution in [-0.4, -0.2) is 23.2 Å². The smallest absolute Gasteiger partial charge is 0.269 e. The van der Waals surface area contributed by atoms with E-state index in [0.717, 1.165) is 11.3 Å². The van der Waals surface area contributed by atoms with E-state index < -0.39 is 4.92 Å². The van der Waals surface area contributed by atoms with Crippen LogP contribution >= 0.6 is 0 Å². The van der Waals surface area contributed by atoms with Gasteiger partial charge in [-0.2, -0.15) is 0 Å². The van der Waals surface area contributed by atoms with Crippen molar-refractivity contribution in [1.29, 1.82) is 0 Å². The summed E-state index contributed by atoms with van der Waals surface area (Å²) in [6.07, 6.45) is 0.693. The van der Waals surface area contributed by atoms with Crippen LogP contribution in [0.3, 0.4) is 0 Å². The lowest BCUT2D eigenvalue weighted by molar-refractivity contribution is -0.384. The van der Waals surface area contributed by atoms with Crippen molar-refractivity contribution >= 4 is 5.69 Å². The fourth-order valence-electron chi connectivity index (χ4n) is 1.79. The molecule has 2 rings (SSSR count). The van der Waals surface area contributed by atoms with E-state index in [1.165, 1.54) is 12.1 Å². The first-order valence-electron chi connectivity index (χ1n) is 6.89. The van der Waals surface area contributed by atoms with Crippen molar-refractivity contribution in [2.24, 2.45) is 0 Å². The van der Waals surface area contributed by atoms with Crippen LogP contribution in [0.15, 0.2) is 48.5 Å². The predicted octanol–water partition coefficient (Wildman–Crippen LogP) is 2.94. The lowest BCUT2D eigenvalue weighted by atomic mass is 10.2. The number of nitrogens with zero attached hydrogens (tertiary/aromatic N) is 1. The molecule has 0 bridgehead atoms. The van der Waals surface area contributed by atoms with Crippen molar-refractivity contribution in [2.45, 2.75) is 13.0 Å². The van der Waals surface area contributed by atoms with Gasteiger partial charge in [-0.3, -0.25) is 10.1 Å². The van der Waals surface area contributed by atoms with Gasteiger partial charge in [0.1, 0.15) is 11.5 Å². The molecule has 2 aromatic rings. The molecule has 0 aliphatic carbocycles. The Kier molecular flexibility index (Phi) is 5.73. The predicted molar refractivity (Wildman–Crippen MR) is 81.1 cm³/mol. The lowest BCUT2D eigenvalue weighted by Gasteiger charge is -2.08. The normalized spacial score (nSPS) is 10.2. The Balaban J connectivity index is 1.67. The Labute approximate surface area is 128 Å². The Morgan fingerprint density at radius 1 is 0.909 bits per heavy atom. The molecular weight excluding hydrogens is 286 g/mol. The Morgan fingerprint density at radius 2 is 1.41 bits per heavy atom. The molecule has 0 amide bonds. The highest BCUT2D eigenvalue weighted by Gasteiger charge is 2.04. The lowest BCUT2D eigenvalue weighted by Crippen LogP contribution is -2.05. The molecule has 0 aliphatic rings. The molecule has 0 saturated carbocycles. The summed E-state index contributed by atoms with van der Waals surface area (Å²) in [6.45, 7) is 0.987. The van der Waals surface area contributed by atoms with E-state index in [1.54, 1.807) is 12.1 Å². The molecule has 0 radical (unpaired) electrons. The number of non-ortho nitro benzene ring substituents is 1. The molecule has 2 aromatic carbocycles. The van der Waals surface area contributed by atoms with Crippen molar-refractivity contribution in [3.63, 3.8) is 0 Å². The highest BCUT2D eigenvalue weighted by Crippen LogP contribution is 2.17. The molecule has 0 saturated heterocycles. The number of nitro benzene ring substituents is 1. The van der Waals surface area contributed by atoms with Crippen molar-refractivity contribution < 1.29 is 19.5 Å². The molecule has 22 heavy (non-hydrogen) atoms. The van der Waals surface area contributed by atoms with E-state index in [2.05, 4.69) is 0 Å². The molecule has 6 heteroatoms. The largest absolute Gasteiger partial charge is 0.493 e. The first-order chi connectivity index (χ1) is 10.7. The summed E-state index contributed by atoms with van der Waals surface area (Å²) in [5, 5.41) is 19.5. The summed E-state index contributed by atoms with van der Waals surface area (Å²) in [4.78, 5) is 10.1. The molecule has 6 nitrogen and oxygen atoms in total. The zero-order valence-corrected chi connectivity index (χ0v) is 12.0. The maximum Gasteiger partial charge on any atom is 0.269 e. The van der Waals surface area contributed by atoms with Crippen LogP contribution in [0.2, 0.25) is 0 Å². The second-order valence-corrected chi connectivity index (χ2v) is 4.60. The fraction of sp³-hybridized carbons (Fsp3) is 0.250. The number of hydrogen-bond donors (Lipinski definition) is 1. The molecule has 0 atom stereocenters. The standard InChI is InChI=1S/C16H17NO5/c18-12-13-2-6-15(7-3-13)21-10-1-11-22-16-8-4-14(5-9-16)17(19)20/h2-9,18H,1,10-12H2. The quantitative estimate of drug-likeness (QED) is 0.460. The number of aliphatic hydroxyl groups excluding tert-OH is 1. The monoisotopic (exact) mass is 303 g/mol. The fourth-order valence-corrected chi connectivity index (χ4v) is 1.79. The third kappa shape index (κ3) is 4.75. The van der Waals surface area contributed by atoms with Crippen LogP contribution < -0.4 is 9.47 Å². The van der Waals surface area contributed by atoms with Crippen LogP contribution in [0.5, 0.6) is 11.5 Å². The minimum Gasteiger partial charge on any atom is -0.493 e. The molecule has 0 spiro atoms. The van der Waals surface area contributed by atoms with Crippen LogP contribution in [0.25, 0.3) is 0 Å². The summed E-state index contributed by atoms with van der Waals surface area (Å²) in [7, 11) is 0. The molecule has 0 fully saturated rings. The molecule has 0 aliphatic heterocycles. The Hall–Kier alpha value is -2.60. The third-order valence-corrected chi connectivity index (χ3v) is 2.98. The van der Waals surface area contributed by atoms with Gasteiger partial charge in [-0.05, 0) is 29.8 Å². The SMILES string of the molecule is O=[N+]([O-])c1ccc(OCCCOc2ccc(CO)cc2)cc1. The molecule has 116 valence electrons. The number of ether oxygens (including phenoxy) is 2. The van der Waals surface area contributed by atoms with Gasteiger partial charge in [0.25, 0.3) is 5.69 Å². The van der Waals surface area contributed by atoms with Gasteiger partial charge in [-0.25, -0.2) is 0 Å². The van der Waals surface area contributed by atoms with E-state index >= 15 is 0 Å². The summed E-state index contributed by atoms with van der Waals surface area (Å²) >= 11 is 0. The van der Waals surface area contributed by atoms with E-state index in [4.69, 9.17) is 14.6 Å². The maximum absolute atomic E-state index is 10.5. The van der Waals surface area contributed by atoms with Gasteiger partial charge in [0.2, 0.25) is 0 Å². The van der Waals surface area contributed by atoms with Crippen LogP contribution in [0.4, 0.5) is 5.69 Å². The van der Waals surface area contributed by atoms with Gasteiger partial charge in [0, 0.05) is 18.6 Å². The summed E-state index contributed by atoms with van der Waals surface area (Å²) in [5.41, 5.74) is 0.885. The number of benzene rings is 2. The van der Waals surface area contributed by atoms with Crippen LogP contribution in [-0.2, 0) is 6.61 Å². The van der Waals surface area contributed by atoms with Crippen molar-refractivity contribution in [3.05, 3.63) is 64.2 Å². The van der Waals surface area contributed by atoms with Gasteiger partial charge in [0.15, 0.2) is 0 Å². The van der Waals surface area contributed by atoms with Gasteiger partial charge in [-0.1, -0.05) is 12.1 Å². The van der Waals surface area contributed by atoms with Crippen molar-refractivity contribution in [1.82, 2.24) is 0 Å². The van der Waals surface area contributed by atoms with E-state index in [-0.39, 0.29) is 12.3 Å². The van der Waals surface area contributed by atoms with Gasteiger partial charge < -0.3 is 14.6 Å². The second-order valence-electron chi connectivity index (χ2n) is 4.60. The third-order valence-electron chi connectivity index (χ3n) is 2.98. The maximum atomic E-state index is 10.5. The highest BCUT2D eigenvalue weighted by atomic mass is 16.6. The summed E-state index contributed by atoms with van der Waals surface area (Å²) in [5.74, 6) is 1.34. The van der Waals surface area contributed by atoms with Crippen molar-refractivity contribution in [3.8, 4) is 11.5 Å². The second kappa shape index (κ2) is 7.99. The van der Waals surface area contributed by atoms with Gasteiger partial charge in [-0.15, -0.1) is 0 Å². The average Bonchev–Trinajstić information content (AvgIpc) is 2.55. The molecule has 0 heterocycles. The average molecular weight is 303 g/mol. The minimum atomic E-state index is -0.445. The number of aliphatic hydroxyl groups is 1. The van der Waals surface area contributed by atoms with Gasteiger partial charge >= 0.3 is 0 Å². The van der Waals surface area contributed by atoms with E-state index in [0.29, 0.717) is 25.4 Å². The zero-order chi connectivity index (χ0) is 15.8. The molecular formula is C16H17NO5. The minimum absolute atomic E-state index is 0.0172. The topological polar surface area (TPSA) is 81.8 Å². The van der Waals surface area contributed by atoms with E-state index in [9.17, 15) is 10.1 Å². The summed E-state index contributed by atoms with van der Waals surface area (Å²) < 4.78 is 11.0. The molecule has 0 unspecified atom stereocenters. The molecule has 0 aromatic heterocycles. The van der Waals surface area contributed by atoms with E-state index in [1.807, 2.05) is 24.3 Å². The zero-order valence-electron chi connectivity index (χ0n) is 12.0. The summed E-state index contributed by atoms with van der Waals surface area (Å²) in [6, 6.07) is 13.2. The number of rotatable bonds is 8. The van der Waals surface area contributed by atoms with Crippen LogP contribution in [0, 0.1) is 10.1 Å². The number of nitro groups is 1. The highest BCUT2D eigenvalue weighted by molar-refractivity contribution is 5.35. The Morgan fingerprint density at radius 3 is 1.86 bits per heavy atom. The molecule has 1 N–H and O–H groups in total. The van der Waals surface area contributed by atoms with Crippen LogP contribution in [0.1, 0.15) is 12.0 Å². The first-order valence-corrected chi connectivity index (χ1v) is 6.89.